The molecule has 3 heteroatoms. The molecule has 0 aliphatic heterocycles. The second-order valence-electron chi connectivity index (χ2n) is 3.32. The van der Waals surface area contributed by atoms with E-state index in [4.69, 9.17) is 9.47 Å². The first-order valence-corrected chi connectivity index (χ1v) is 6.74. The Hall–Kier alpha value is -1.30. The summed E-state index contributed by atoms with van der Waals surface area (Å²) in [4.78, 5) is 0. The molecule has 0 aliphatic rings. The van der Waals surface area contributed by atoms with Gasteiger partial charge >= 0.3 is 110 Å². The van der Waals surface area contributed by atoms with Crippen LogP contribution in [0.25, 0.3) is 0 Å². The zero-order valence-corrected chi connectivity index (χ0v) is 11.3. The van der Waals surface area contributed by atoms with Gasteiger partial charge < -0.3 is 0 Å². The molecule has 0 saturated carbocycles. The average Bonchev–Trinajstić information content (AvgIpc) is 2.40. The van der Waals surface area contributed by atoms with Crippen LogP contribution >= 0.6 is 0 Å². The van der Waals surface area contributed by atoms with Crippen LogP contribution in [-0.4, -0.2) is 14.2 Å². The van der Waals surface area contributed by atoms with E-state index in [0.29, 0.717) is 18.0 Å². The Balaban J connectivity index is 2.08. The van der Waals surface area contributed by atoms with Gasteiger partial charge in [-0.3, -0.25) is 0 Å². The first-order chi connectivity index (χ1) is 8.31. The van der Waals surface area contributed by atoms with Gasteiger partial charge in [-0.05, 0) is 0 Å². The molecule has 0 bridgehead atoms. The summed E-state index contributed by atoms with van der Waals surface area (Å²) in [5, 5.41) is 0. The summed E-state index contributed by atoms with van der Waals surface area (Å²) in [7, 11) is 3.37. The van der Waals surface area contributed by atoms with Crippen LogP contribution < -0.4 is 17.5 Å². The normalized spacial score (nSPS) is 10.2. The zero-order chi connectivity index (χ0) is 12.1. The molecule has 0 aromatic heterocycles. The number of benzene rings is 2. The van der Waals surface area contributed by atoms with Gasteiger partial charge in [0.1, 0.15) is 0 Å². The van der Waals surface area contributed by atoms with Gasteiger partial charge in [-0.1, -0.05) is 0 Å². The fraction of sp³-hybridized carbons (Fsp3) is 0.143. The van der Waals surface area contributed by atoms with Crippen LogP contribution in [0.2, 0.25) is 0 Å². The molecule has 17 heavy (non-hydrogen) atoms. The number of methoxy groups -OCH3 is 2. The van der Waals surface area contributed by atoms with Crippen molar-refractivity contribution >= 4 is 8.07 Å². The van der Waals surface area contributed by atoms with Gasteiger partial charge in [0.2, 0.25) is 0 Å². The van der Waals surface area contributed by atoms with Crippen molar-refractivity contribution < 1.29 is 27.5 Å². The van der Waals surface area contributed by atoms with Gasteiger partial charge in [-0.15, -0.1) is 0 Å². The summed E-state index contributed by atoms with van der Waals surface area (Å²) in [6, 6.07) is 16.4. The van der Waals surface area contributed by atoms with Crippen molar-refractivity contribution in [3.8, 4) is 11.5 Å². The number of hydrogen-bond acceptors (Lipinski definition) is 2. The molecular weight excluding hydrogens is 307 g/mol. The minimum atomic E-state index is 0.450. The Kier molecular flexibility index (Phi) is 4.19. The van der Waals surface area contributed by atoms with Gasteiger partial charge in [-0.2, -0.15) is 0 Å². The first kappa shape index (κ1) is 12.2. The molecule has 2 rings (SSSR count). The van der Waals surface area contributed by atoms with Crippen LogP contribution in [0.1, 0.15) is 0 Å². The third-order valence-corrected chi connectivity index (χ3v) is 4.17. The molecule has 2 aromatic carbocycles. The quantitative estimate of drug-likeness (QED) is 0.799. The minimum absolute atomic E-state index is 0.450. The summed E-state index contributed by atoms with van der Waals surface area (Å²) in [5.74, 6) is 1.80. The second-order valence-corrected chi connectivity index (χ2v) is 5.51. The third kappa shape index (κ3) is 3.33. The molecule has 2 aromatic rings. The van der Waals surface area contributed by atoms with E-state index in [1.54, 1.807) is 14.2 Å². The molecule has 0 radical (unpaired) electrons. The van der Waals surface area contributed by atoms with E-state index < -0.39 is 0 Å². The van der Waals surface area contributed by atoms with E-state index in [0.717, 1.165) is 11.5 Å². The average molecular weight is 321 g/mol. The molecule has 0 aliphatic carbocycles. The van der Waals surface area contributed by atoms with Crippen molar-refractivity contribution in [2.75, 3.05) is 14.2 Å². The van der Waals surface area contributed by atoms with E-state index in [-0.39, 0.29) is 0 Å². The van der Waals surface area contributed by atoms with Crippen LogP contribution in [0.15, 0.2) is 48.5 Å². The van der Waals surface area contributed by atoms with Crippen LogP contribution in [0.3, 0.4) is 0 Å². The Morgan fingerprint density at radius 1 is 0.647 bits per heavy atom. The Bertz CT molecular complexity index is 417. The van der Waals surface area contributed by atoms with Crippen molar-refractivity contribution in [1.82, 2.24) is 0 Å². The van der Waals surface area contributed by atoms with E-state index in [9.17, 15) is 0 Å². The molecule has 0 amide bonds. The summed E-state index contributed by atoms with van der Waals surface area (Å²) in [5.41, 5.74) is 0. The van der Waals surface area contributed by atoms with E-state index >= 15 is 0 Å². The zero-order valence-electron chi connectivity index (χ0n) is 9.75. The Labute approximate surface area is 110 Å². The van der Waals surface area contributed by atoms with Crippen molar-refractivity contribution in [3.63, 3.8) is 0 Å². The monoisotopic (exact) mass is 320 g/mol. The maximum atomic E-state index is 5.14. The summed E-state index contributed by atoms with van der Waals surface area (Å²) in [6.07, 6.45) is 0. The molecular formula is C14H14O2Pd. The van der Waals surface area contributed by atoms with Gasteiger partial charge in [0.05, 0.1) is 0 Å². The van der Waals surface area contributed by atoms with Gasteiger partial charge in [0, 0.05) is 0 Å². The molecule has 0 heterocycles. The third-order valence-electron chi connectivity index (χ3n) is 2.24. The molecule has 0 N–H and O–H groups in total. The fourth-order valence-corrected chi connectivity index (χ4v) is 2.89. The van der Waals surface area contributed by atoms with E-state index in [1.807, 2.05) is 24.3 Å². The van der Waals surface area contributed by atoms with E-state index in [2.05, 4.69) is 24.3 Å². The molecule has 92 valence electrons. The molecule has 0 fully saturated rings. The van der Waals surface area contributed by atoms with Crippen LogP contribution in [0, 0.1) is 0 Å². The maximum absolute atomic E-state index is 5.14. The number of rotatable bonds is 4. The second kappa shape index (κ2) is 5.86. The number of hydrogen-bond donors (Lipinski definition) is 0. The Morgan fingerprint density at radius 2 is 1.00 bits per heavy atom. The van der Waals surface area contributed by atoms with Gasteiger partial charge in [0.15, 0.2) is 0 Å². The van der Waals surface area contributed by atoms with Gasteiger partial charge in [0.25, 0.3) is 0 Å². The van der Waals surface area contributed by atoms with Gasteiger partial charge in [-0.25, -0.2) is 0 Å². The SMILES string of the molecule is COc1cc[c]([Pd][c]2ccc(OC)cc2)cc1. The number of ether oxygens (including phenoxy) is 2. The van der Waals surface area contributed by atoms with Crippen LogP contribution in [0.5, 0.6) is 11.5 Å². The molecule has 0 unspecified atom stereocenters. The standard InChI is InChI=1S/2C7H7O.Pd/c2*1-8-7-5-3-2-4-6-7;/h2*3-6H,1H3;. The van der Waals surface area contributed by atoms with Crippen molar-refractivity contribution in [2.45, 2.75) is 0 Å². The Morgan fingerprint density at radius 3 is 1.29 bits per heavy atom. The first-order valence-electron chi connectivity index (χ1n) is 5.18. The summed E-state index contributed by atoms with van der Waals surface area (Å²) >= 11 is 0.450. The molecule has 2 nitrogen and oxygen atoms in total. The molecule has 0 spiro atoms. The van der Waals surface area contributed by atoms with E-state index in [1.165, 1.54) is 8.07 Å². The van der Waals surface area contributed by atoms with Crippen molar-refractivity contribution in [3.05, 3.63) is 48.5 Å². The summed E-state index contributed by atoms with van der Waals surface area (Å²) in [6.45, 7) is 0. The predicted octanol–water partition coefficient (Wildman–Crippen LogP) is 1.74. The van der Waals surface area contributed by atoms with Crippen molar-refractivity contribution in [1.29, 1.82) is 0 Å². The molecule has 0 saturated heterocycles. The van der Waals surface area contributed by atoms with Crippen LogP contribution in [-0.2, 0) is 18.0 Å². The fourth-order valence-electron chi connectivity index (χ4n) is 1.33. The predicted molar refractivity (Wildman–Crippen MR) is 65.3 cm³/mol. The molecule has 0 atom stereocenters. The topological polar surface area (TPSA) is 18.5 Å². The summed E-state index contributed by atoms with van der Waals surface area (Å²) < 4.78 is 12.9. The van der Waals surface area contributed by atoms with Crippen molar-refractivity contribution in [2.24, 2.45) is 0 Å². The van der Waals surface area contributed by atoms with Crippen LogP contribution in [0.4, 0.5) is 0 Å².